The Hall–Kier alpha value is -1.36. The summed E-state index contributed by atoms with van der Waals surface area (Å²) in [6, 6.07) is 1.90. The van der Waals surface area contributed by atoms with E-state index in [4.69, 9.17) is 9.47 Å². The molecule has 0 unspecified atom stereocenters. The average molecular weight is 252 g/mol. The molecular weight excluding hydrogens is 232 g/mol. The van der Waals surface area contributed by atoms with Crippen molar-refractivity contribution in [2.24, 2.45) is 5.92 Å². The second-order valence-corrected chi connectivity index (χ2v) is 4.64. The highest BCUT2D eigenvalue weighted by Gasteiger charge is 2.27. The zero-order valence-corrected chi connectivity index (χ0v) is 10.7. The van der Waals surface area contributed by atoms with Gasteiger partial charge < -0.3 is 9.47 Å². The lowest BCUT2D eigenvalue weighted by Crippen LogP contribution is -2.27. The van der Waals surface area contributed by atoms with Crippen LogP contribution < -0.4 is 0 Å². The molecule has 0 bridgehead atoms. The van der Waals surface area contributed by atoms with Gasteiger partial charge in [0.25, 0.3) is 0 Å². The fraction of sp³-hybridized carbons (Fsp3) is 0.692. The lowest BCUT2D eigenvalue weighted by Gasteiger charge is -2.26. The molecule has 0 spiro atoms. The summed E-state index contributed by atoms with van der Waals surface area (Å²) in [5.74, 6) is -0.00837. The van der Waals surface area contributed by atoms with Gasteiger partial charge >= 0.3 is 5.97 Å². The SMILES string of the molecule is COC(=O)C1CCC(OCCn2cccn2)CC1. The molecule has 0 amide bonds. The number of rotatable bonds is 5. The van der Waals surface area contributed by atoms with Gasteiger partial charge in [0.2, 0.25) is 0 Å². The van der Waals surface area contributed by atoms with Gasteiger partial charge in [0, 0.05) is 12.4 Å². The van der Waals surface area contributed by atoms with Crippen molar-refractivity contribution < 1.29 is 14.3 Å². The second-order valence-electron chi connectivity index (χ2n) is 4.64. The molecule has 1 heterocycles. The third-order valence-electron chi connectivity index (χ3n) is 3.44. The topological polar surface area (TPSA) is 53.4 Å². The Morgan fingerprint density at radius 3 is 2.78 bits per heavy atom. The van der Waals surface area contributed by atoms with Gasteiger partial charge in [-0.3, -0.25) is 9.48 Å². The van der Waals surface area contributed by atoms with E-state index >= 15 is 0 Å². The lowest BCUT2D eigenvalue weighted by molar-refractivity contribution is -0.147. The quantitative estimate of drug-likeness (QED) is 0.747. The van der Waals surface area contributed by atoms with Crippen molar-refractivity contribution in [1.29, 1.82) is 0 Å². The standard InChI is InChI=1S/C13H20N2O3/c1-17-13(16)11-3-5-12(6-4-11)18-10-9-15-8-2-7-14-15/h2,7-8,11-12H,3-6,9-10H2,1H3. The number of carbonyl (C=O) groups excluding carboxylic acids is 1. The molecule has 0 aromatic carbocycles. The van der Waals surface area contributed by atoms with Crippen molar-refractivity contribution in [3.63, 3.8) is 0 Å². The minimum absolute atomic E-state index is 0.0703. The molecule has 100 valence electrons. The maximum absolute atomic E-state index is 11.4. The molecule has 18 heavy (non-hydrogen) atoms. The van der Waals surface area contributed by atoms with Crippen LogP contribution in [0.3, 0.4) is 0 Å². The van der Waals surface area contributed by atoms with Crippen LogP contribution in [-0.2, 0) is 20.8 Å². The van der Waals surface area contributed by atoms with E-state index in [-0.39, 0.29) is 18.0 Å². The maximum atomic E-state index is 11.4. The molecule has 0 saturated heterocycles. The molecule has 0 radical (unpaired) electrons. The lowest BCUT2D eigenvalue weighted by atomic mass is 9.87. The largest absolute Gasteiger partial charge is 0.469 e. The first-order chi connectivity index (χ1) is 8.79. The number of ether oxygens (including phenoxy) is 2. The molecule has 2 rings (SSSR count). The highest BCUT2D eigenvalue weighted by Crippen LogP contribution is 2.26. The van der Waals surface area contributed by atoms with Crippen LogP contribution in [0.1, 0.15) is 25.7 Å². The summed E-state index contributed by atoms with van der Waals surface area (Å²) in [5, 5.41) is 4.12. The predicted molar refractivity (Wildman–Crippen MR) is 65.9 cm³/mol. The number of hydrogen-bond acceptors (Lipinski definition) is 4. The number of methoxy groups -OCH3 is 1. The molecule has 0 atom stereocenters. The first-order valence-corrected chi connectivity index (χ1v) is 6.46. The van der Waals surface area contributed by atoms with Gasteiger partial charge in [-0.15, -0.1) is 0 Å². The van der Waals surface area contributed by atoms with Gasteiger partial charge in [-0.05, 0) is 31.7 Å². The van der Waals surface area contributed by atoms with Gasteiger partial charge in [-0.1, -0.05) is 0 Å². The van der Waals surface area contributed by atoms with E-state index in [9.17, 15) is 4.79 Å². The van der Waals surface area contributed by atoms with E-state index in [0.29, 0.717) is 6.61 Å². The fourth-order valence-electron chi connectivity index (χ4n) is 2.38. The molecule has 5 nitrogen and oxygen atoms in total. The smallest absolute Gasteiger partial charge is 0.308 e. The highest BCUT2D eigenvalue weighted by molar-refractivity contribution is 5.72. The Kier molecular flexibility index (Phi) is 4.75. The number of nitrogens with zero attached hydrogens (tertiary/aromatic N) is 2. The first-order valence-electron chi connectivity index (χ1n) is 6.46. The maximum Gasteiger partial charge on any atom is 0.308 e. The first kappa shape index (κ1) is 13.1. The zero-order valence-electron chi connectivity index (χ0n) is 10.7. The highest BCUT2D eigenvalue weighted by atomic mass is 16.5. The van der Waals surface area contributed by atoms with Crippen molar-refractivity contribution >= 4 is 5.97 Å². The summed E-state index contributed by atoms with van der Waals surface area (Å²) in [6.45, 7) is 1.46. The average Bonchev–Trinajstić information content (AvgIpc) is 2.92. The minimum atomic E-state index is -0.0787. The Morgan fingerprint density at radius 1 is 1.39 bits per heavy atom. The number of hydrogen-bond donors (Lipinski definition) is 0. The van der Waals surface area contributed by atoms with Gasteiger partial charge in [-0.2, -0.15) is 5.10 Å². The predicted octanol–water partition coefficient (Wildman–Crippen LogP) is 1.63. The van der Waals surface area contributed by atoms with E-state index in [1.165, 1.54) is 7.11 Å². The fourth-order valence-corrected chi connectivity index (χ4v) is 2.38. The van der Waals surface area contributed by atoms with E-state index in [2.05, 4.69) is 5.10 Å². The molecular formula is C13H20N2O3. The third-order valence-corrected chi connectivity index (χ3v) is 3.44. The van der Waals surface area contributed by atoms with Crippen LogP contribution in [0.15, 0.2) is 18.5 Å². The third kappa shape index (κ3) is 3.57. The number of aromatic nitrogens is 2. The van der Waals surface area contributed by atoms with Crippen LogP contribution in [-0.4, -0.2) is 35.6 Å². The van der Waals surface area contributed by atoms with E-state index in [1.807, 2.05) is 16.9 Å². The summed E-state index contributed by atoms with van der Waals surface area (Å²) in [4.78, 5) is 11.4. The molecule has 1 aromatic heterocycles. The monoisotopic (exact) mass is 252 g/mol. The zero-order chi connectivity index (χ0) is 12.8. The molecule has 5 heteroatoms. The minimum Gasteiger partial charge on any atom is -0.469 e. The number of carbonyl (C=O) groups is 1. The van der Waals surface area contributed by atoms with E-state index in [0.717, 1.165) is 32.2 Å². The molecule has 1 aliphatic carbocycles. The van der Waals surface area contributed by atoms with Crippen molar-refractivity contribution in [3.8, 4) is 0 Å². The summed E-state index contributed by atoms with van der Waals surface area (Å²) >= 11 is 0. The Morgan fingerprint density at radius 2 is 2.17 bits per heavy atom. The van der Waals surface area contributed by atoms with Crippen LogP contribution in [0, 0.1) is 5.92 Å². The van der Waals surface area contributed by atoms with E-state index in [1.54, 1.807) is 6.20 Å². The summed E-state index contributed by atoms with van der Waals surface area (Å²) in [6.07, 6.45) is 7.61. The van der Waals surface area contributed by atoms with Crippen molar-refractivity contribution in [2.75, 3.05) is 13.7 Å². The van der Waals surface area contributed by atoms with Gasteiger partial charge in [-0.25, -0.2) is 0 Å². The van der Waals surface area contributed by atoms with E-state index < -0.39 is 0 Å². The Balaban J connectivity index is 1.63. The van der Waals surface area contributed by atoms with Crippen molar-refractivity contribution in [2.45, 2.75) is 38.3 Å². The summed E-state index contributed by atoms with van der Waals surface area (Å²) in [7, 11) is 1.45. The van der Waals surface area contributed by atoms with Crippen LogP contribution in [0.2, 0.25) is 0 Å². The molecule has 0 aliphatic heterocycles. The van der Waals surface area contributed by atoms with Crippen molar-refractivity contribution in [3.05, 3.63) is 18.5 Å². The Bertz CT molecular complexity index is 356. The van der Waals surface area contributed by atoms with Crippen LogP contribution in [0.5, 0.6) is 0 Å². The molecule has 1 aromatic rings. The van der Waals surface area contributed by atoms with Crippen LogP contribution >= 0.6 is 0 Å². The van der Waals surface area contributed by atoms with Crippen LogP contribution in [0.25, 0.3) is 0 Å². The summed E-state index contributed by atoms with van der Waals surface area (Å²) in [5.41, 5.74) is 0. The van der Waals surface area contributed by atoms with Gasteiger partial charge in [0.15, 0.2) is 0 Å². The van der Waals surface area contributed by atoms with Gasteiger partial charge in [0.1, 0.15) is 0 Å². The molecule has 1 fully saturated rings. The molecule has 0 N–H and O–H groups in total. The van der Waals surface area contributed by atoms with Gasteiger partial charge in [0.05, 0.1) is 32.3 Å². The normalized spacial score (nSPS) is 23.8. The molecule has 1 aliphatic rings. The second kappa shape index (κ2) is 6.54. The number of esters is 1. The Labute approximate surface area is 107 Å². The molecule has 1 saturated carbocycles. The summed E-state index contributed by atoms with van der Waals surface area (Å²) < 4.78 is 12.4. The van der Waals surface area contributed by atoms with Crippen LogP contribution in [0.4, 0.5) is 0 Å². The van der Waals surface area contributed by atoms with Crippen molar-refractivity contribution in [1.82, 2.24) is 9.78 Å².